The number of halogens is 1. The Kier molecular flexibility index (Phi) is 5.38. The van der Waals surface area contributed by atoms with E-state index in [2.05, 4.69) is 15.6 Å². The van der Waals surface area contributed by atoms with Crippen molar-refractivity contribution in [3.8, 4) is 23.0 Å². The predicted octanol–water partition coefficient (Wildman–Crippen LogP) is 5.05. The second-order valence-corrected chi connectivity index (χ2v) is 7.76. The number of thiocarbonyl (C=S) groups is 1. The fraction of sp³-hybridized carbons (Fsp3) is 0.0870. The van der Waals surface area contributed by atoms with Crippen LogP contribution in [-0.4, -0.2) is 29.2 Å². The van der Waals surface area contributed by atoms with Gasteiger partial charge >= 0.3 is 0 Å². The average molecular weight is 466 g/mol. The number of para-hydroxylation sites is 2. The Morgan fingerprint density at radius 2 is 1.81 bits per heavy atom. The minimum atomic E-state index is -0.384. The number of aromatic nitrogens is 1. The van der Waals surface area contributed by atoms with Gasteiger partial charge in [0.05, 0.1) is 10.7 Å². The molecule has 1 aliphatic heterocycles. The normalized spacial score (nSPS) is 12.4. The van der Waals surface area contributed by atoms with Crippen molar-refractivity contribution in [1.29, 1.82) is 0 Å². The summed E-state index contributed by atoms with van der Waals surface area (Å²) in [4.78, 5) is 17.1. The highest BCUT2D eigenvalue weighted by Crippen LogP contribution is 2.32. The number of amides is 1. The fourth-order valence-corrected chi connectivity index (χ4v) is 3.63. The van der Waals surface area contributed by atoms with Gasteiger partial charge in [-0.1, -0.05) is 23.7 Å². The van der Waals surface area contributed by atoms with Gasteiger partial charge in [-0.15, -0.1) is 0 Å². The van der Waals surface area contributed by atoms with E-state index < -0.39 is 0 Å². The Bertz CT molecular complexity index is 1320. The van der Waals surface area contributed by atoms with Crippen LogP contribution in [0.5, 0.6) is 11.5 Å². The number of hydrogen-bond acceptors (Lipinski definition) is 6. The van der Waals surface area contributed by atoms with Crippen LogP contribution in [0.2, 0.25) is 5.02 Å². The van der Waals surface area contributed by atoms with Crippen molar-refractivity contribution < 1.29 is 18.7 Å². The zero-order valence-electron chi connectivity index (χ0n) is 16.6. The molecule has 160 valence electrons. The summed E-state index contributed by atoms with van der Waals surface area (Å²) >= 11 is 11.6. The summed E-state index contributed by atoms with van der Waals surface area (Å²) < 4.78 is 16.8. The van der Waals surface area contributed by atoms with Gasteiger partial charge in [-0.2, -0.15) is 0 Å². The molecule has 3 aromatic carbocycles. The SMILES string of the molecule is O=C(NC(=S)Nc1cc(-c2nc3ccccc3o2)ccc1Cl)c1ccc2c(c1)OCCO2. The Labute approximate surface area is 193 Å². The minimum absolute atomic E-state index is 0.0986. The molecule has 4 aromatic rings. The molecule has 0 radical (unpaired) electrons. The second kappa shape index (κ2) is 8.49. The van der Waals surface area contributed by atoms with E-state index >= 15 is 0 Å². The zero-order chi connectivity index (χ0) is 22.1. The maximum absolute atomic E-state index is 12.6. The van der Waals surface area contributed by atoms with Crippen molar-refractivity contribution in [2.24, 2.45) is 0 Å². The van der Waals surface area contributed by atoms with Crippen LogP contribution in [0.25, 0.3) is 22.6 Å². The van der Waals surface area contributed by atoms with Crippen LogP contribution in [0.3, 0.4) is 0 Å². The Hall–Kier alpha value is -3.62. The second-order valence-electron chi connectivity index (χ2n) is 6.95. The summed E-state index contributed by atoms with van der Waals surface area (Å²) in [6.45, 7) is 0.920. The number of carbonyl (C=O) groups excluding carboxylic acids is 1. The van der Waals surface area contributed by atoms with Gasteiger partial charge in [0.25, 0.3) is 5.91 Å². The van der Waals surface area contributed by atoms with E-state index in [1.807, 2.05) is 24.3 Å². The van der Waals surface area contributed by atoms with Crippen LogP contribution >= 0.6 is 23.8 Å². The van der Waals surface area contributed by atoms with E-state index in [1.54, 1.807) is 36.4 Å². The summed E-state index contributed by atoms with van der Waals surface area (Å²) in [7, 11) is 0. The molecule has 1 aromatic heterocycles. The molecular formula is C23H16ClN3O4S. The van der Waals surface area contributed by atoms with Gasteiger partial charge in [-0.3, -0.25) is 10.1 Å². The lowest BCUT2D eigenvalue weighted by Gasteiger charge is -2.18. The molecule has 0 fully saturated rings. The lowest BCUT2D eigenvalue weighted by molar-refractivity contribution is 0.0976. The average Bonchev–Trinajstić information content (AvgIpc) is 3.24. The van der Waals surface area contributed by atoms with Gasteiger partial charge in [-0.25, -0.2) is 4.98 Å². The highest BCUT2D eigenvalue weighted by Gasteiger charge is 2.16. The molecule has 0 spiro atoms. The van der Waals surface area contributed by atoms with E-state index in [1.165, 1.54) is 0 Å². The van der Waals surface area contributed by atoms with Crippen LogP contribution in [0.1, 0.15) is 10.4 Å². The number of rotatable bonds is 3. The van der Waals surface area contributed by atoms with Crippen molar-refractivity contribution in [3.05, 3.63) is 71.2 Å². The van der Waals surface area contributed by atoms with E-state index in [4.69, 9.17) is 37.7 Å². The molecule has 0 atom stereocenters. The maximum Gasteiger partial charge on any atom is 0.257 e. The summed E-state index contributed by atoms with van der Waals surface area (Å²) in [5, 5.41) is 6.14. The summed E-state index contributed by atoms with van der Waals surface area (Å²) in [6.07, 6.45) is 0. The highest BCUT2D eigenvalue weighted by molar-refractivity contribution is 7.80. The maximum atomic E-state index is 12.6. The smallest absolute Gasteiger partial charge is 0.257 e. The van der Waals surface area contributed by atoms with Crippen molar-refractivity contribution in [1.82, 2.24) is 10.3 Å². The van der Waals surface area contributed by atoms with Crippen LogP contribution in [0, 0.1) is 0 Å². The molecule has 1 aliphatic rings. The molecule has 1 amide bonds. The minimum Gasteiger partial charge on any atom is -0.486 e. The predicted molar refractivity (Wildman–Crippen MR) is 126 cm³/mol. The van der Waals surface area contributed by atoms with Crippen molar-refractivity contribution >= 4 is 51.6 Å². The van der Waals surface area contributed by atoms with E-state index in [0.717, 1.165) is 5.52 Å². The third-order valence-electron chi connectivity index (χ3n) is 4.79. The fourth-order valence-electron chi connectivity index (χ4n) is 3.26. The number of benzene rings is 3. The molecule has 2 heterocycles. The summed E-state index contributed by atoms with van der Waals surface area (Å²) in [6, 6.07) is 17.7. The Morgan fingerprint density at radius 3 is 2.66 bits per heavy atom. The van der Waals surface area contributed by atoms with Crippen molar-refractivity contribution in [3.63, 3.8) is 0 Å². The summed E-state index contributed by atoms with van der Waals surface area (Å²) in [5.74, 6) is 1.20. The molecule has 2 N–H and O–H groups in total. The van der Waals surface area contributed by atoms with Crippen LogP contribution in [-0.2, 0) is 0 Å². The van der Waals surface area contributed by atoms with E-state index in [0.29, 0.717) is 58.0 Å². The first-order valence-electron chi connectivity index (χ1n) is 9.74. The third kappa shape index (κ3) is 4.10. The van der Waals surface area contributed by atoms with Crippen molar-refractivity contribution in [2.75, 3.05) is 18.5 Å². The van der Waals surface area contributed by atoms with Crippen LogP contribution in [0.15, 0.2) is 65.1 Å². The molecule has 0 unspecified atom stereocenters. The molecular weight excluding hydrogens is 450 g/mol. The van der Waals surface area contributed by atoms with E-state index in [-0.39, 0.29) is 11.0 Å². The molecule has 9 heteroatoms. The molecule has 0 saturated carbocycles. The first-order valence-corrected chi connectivity index (χ1v) is 10.5. The molecule has 32 heavy (non-hydrogen) atoms. The molecule has 0 bridgehead atoms. The molecule has 0 aliphatic carbocycles. The number of hydrogen-bond donors (Lipinski definition) is 2. The Morgan fingerprint density at radius 1 is 1.00 bits per heavy atom. The number of fused-ring (bicyclic) bond motifs is 2. The molecule has 7 nitrogen and oxygen atoms in total. The highest BCUT2D eigenvalue weighted by atomic mass is 35.5. The monoisotopic (exact) mass is 465 g/mol. The van der Waals surface area contributed by atoms with Crippen molar-refractivity contribution in [2.45, 2.75) is 0 Å². The van der Waals surface area contributed by atoms with Gasteiger partial charge in [0.1, 0.15) is 18.7 Å². The number of nitrogens with zero attached hydrogens (tertiary/aromatic N) is 1. The van der Waals surface area contributed by atoms with Gasteiger partial charge < -0.3 is 19.2 Å². The number of oxazole rings is 1. The van der Waals surface area contributed by atoms with Gasteiger partial charge in [0.2, 0.25) is 5.89 Å². The number of nitrogens with one attached hydrogen (secondary N) is 2. The lowest BCUT2D eigenvalue weighted by Crippen LogP contribution is -2.34. The number of carbonyl (C=O) groups is 1. The first kappa shape index (κ1) is 20.3. The number of anilines is 1. The molecule has 5 rings (SSSR count). The van der Waals surface area contributed by atoms with E-state index in [9.17, 15) is 4.79 Å². The van der Waals surface area contributed by atoms with Gasteiger partial charge in [0, 0.05) is 11.1 Å². The standard InChI is InChI=1S/C23H16ClN3O4S/c24-15-7-5-14(22-25-16-3-1-2-4-18(16)31-22)11-17(15)26-23(32)27-21(28)13-6-8-19-20(12-13)30-10-9-29-19/h1-8,11-12H,9-10H2,(H2,26,27,28,32). The zero-order valence-corrected chi connectivity index (χ0v) is 18.1. The van der Waals surface area contributed by atoms with Gasteiger partial charge in [0.15, 0.2) is 22.2 Å². The summed E-state index contributed by atoms with van der Waals surface area (Å²) in [5.41, 5.74) is 3.07. The largest absolute Gasteiger partial charge is 0.486 e. The third-order valence-corrected chi connectivity index (χ3v) is 5.32. The van der Waals surface area contributed by atoms with Crippen LogP contribution < -0.4 is 20.1 Å². The first-order chi connectivity index (χ1) is 15.6. The Balaban J connectivity index is 1.32. The topological polar surface area (TPSA) is 85.6 Å². The molecule has 0 saturated heterocycles. The lowest BCUT2D eigenvalue weighted by atomic mass is 10.2. The number of ether oxygens (including phenoxy) is 2. The van der Waals surface area contributed by atoms with Gasteiger partial charge in [-0.05, 0) is 60.7 Å². The van der Waals surface area contributed by atoms with Crippen LogP contribution in [0.4, 0.5) is 5.69 Å². The quantitative estimate of drug-likeness (QED) is 0.409.